The number of pyridine rings is 4. The van der Waals surface area contributed by atoms with Gasteiger partial charge >= 0.3 is 0 Å². The number of nitrogens with zero attached hydrogens (tertiary/aromatic N) is 18. The number of likely N-dealkylation sites (N-methyl/N-ethyl adjacent to an activating group) is 1. The highest BCUT2D eigenvalue weighted by Gasteiger charge is 2.33. The zero-order valence-electron chi connectivity index (χ0n) is 75.8. The predicted molar refractivity (Wildman–Crippen MR) is 516 cm³/mol. The van der Waals surface area contributed by atoms with Gasteiger partial charge in [-0.1, -0.05) is 147 Å². The maximum Gasteiger partial charge on any atom is 0.289 e. The second-order valence-corrected chi connectivity index (χ2v) is 34.0. The first-order valence-electron chi connectivity index (χ1n) is 46.0. The molecule has 682 valence electrons. The number of nitrogens with one attached hydrogen (secondary N) is 3. The number of anilines is 4. The molecular weight excluding hydrogens is 1690 g/mol. The van der Waals surface area contributed by atoms with Crippen LogP contribution in [0.4, 0.5) is 27.1 Å². The van der Waals surface area contributed by atoms with Crippen LogP contribution in [-0.2, 0) is 55.8 Å². The summed E-state index contributed by atoms with van der Waals surface area (Å²) in [4.78, 5) is 96.3. The molecule has 13 heterocycles. The van der Waals surface area contributed by atoms with Crippen LogP contribution in [0.2, 0.25) is 0 Å². The molecule has 0 bridgehead atoms. The van der Waals surface area contributed by atoms with Crippen LogP contribution in [0.25, 0.3) is 28.0 Å². The maximum atomic E-state index is 13.8. The highest BCUT2D eigenvalue weighted by molar-refractivity contribution is 5.94. The van der Waals surface area contributed by atoms with Crippen LogP contribution in [0.5, 0.6) is 0 Å². The van der Waals surface area contributed by atoms with Crippen LogP contribution < -0.4 is 35.6 Å². The summed E-state index contributed by atoms with van der Waals surface area (Å²) in [5.41, 5.74) is 25.8. The smallest absolute Gasteiger partial charge is 0.289 e. The summed E-state index contributed by atoms with van der Waals surface area (Å²) in [7, 11) is 3.97. The van der Waals surface area contributed by atoms with Gasteiger partial charge in [0.1, 0.15) is 11.9 Å². The van der Waals surface area contributed by atoms with Crippen molar-refractivity contribution in [2.75, 3.05) is 152 Å². The second-order valence-electron chi connectivity index (χ2n) is 34.0. The molecule has 0 saturated carbocycles. The first-order chi connectivity index (χ1) is 65.8. The Morgan fingerprint density at radius 1 is 0.440 bits per heavy atom. The molecule has 3 N–H and O–H groups in total. The molecule has 4 aromatic carbocycles. The Labute approximate surface area is 779 Å². The number of halogens is 1. The summed E-state index contributed by atoms with van der Waals surface area (Å²) in [6.07, 6.45) is 35.2. The van der Waals surface area contributed by atoms with Gasteiger partial charge in [0.25, 0.3) is 17.7 Å². The molecule has 4 saturated heterocycles. The van der Waals surface area contributed by atoms with Crippen molar-refractivity contribution in [1.82, 2.24) is 80.7 Å². The van der Waals surface area contributed by atoms with Crippen molar-refractivity contribution >= 4 is 68.5 Å². The minimum atomic E-state index is -0.288. The van der Waals surface area contributed by atoms with Crippen LogP contribution in [0.15, 0.2) is 250 Å². The molecule has 0 spiro atoms. The quantitative estimate of drug-likeness (QED) is 0.0506. The van der Waals surface area contributed by atoms with E-state index >= 15 is 0 Å². The van der Waals surface area contributed by atoms with Crippen LogP contribution in [0, 0.1) is 5.82 Å². The van der Waals surface area contributed by atoms with Crippen molar-refractivity contribution in [1.29, 1.82) is 0 Å². The average Bonchev–Trinajstić information content (AvgIpc) is 1.64. The third-order valence-electron chi connectivity index (χ3n) is 25.0. The van der Waals surface area contributed by atoms with Crippen molar-refractivity contribution in [2.24, 2.45) is 4.99 Å². The molecule has 134 heavy (non-hydrogen) atoms. The Hall–Kier alpha value is -14.4. The number of aromatic nitrogens is 12. The van der Waals surface area contributed by atoms with Crippen LogP contribution in [0.3, 0.4) is 0 Å². The number of allylic oxidation sites excluding steroid dienone is 4. The fraction of sp³-hybridized carbons (Fsp3) is 0.305. The van der Waals surface area contributed by atoms with E-state index in [4.69, 9.17) is 38.6 Å². The number of rotatable bonds is 24. The van der Waals surface area contributed by atoms with Gasteiger partial charge < -0.3 is 64.1 Å². The Morgan fingerprint density at radius 2 is 0.784 bits per heavy atom. The lowest BCUT2D eigenvalue weighted by Gasteiger charge is -2.29. The topological polar surface area (TPSA) is 300 Å². The van der Waals surface area contributed by atoms with E-state index in [0.717, 1.165) is 266 Å². The van der Waals surface area contributed by atoms with E-state index in [-0.39, 0.29) is 53.5 Å². The summed E-state index contributed by atoms with van der Waals surface area (Å²) < 4.78 is 41.8. The van der Waals surface area contributed by atoms with Crippen molar-refractivity contribution in [2.45, 2.75) is 76.6 Å². The molecule has 4 aliphatic carbocycles. The Bertz CT molecular complexity index is 6290. The van der Waals surface area contributed by atoms with Gasteiger partial charge in [0.15, 0.2) is 5.82 Å². The van der Waals surface area contributed by atoms with E-state index in [9.17, 15) is 14.0 Å². The van der Waals surface area contributed by atoms with Gasteiger partial charge in [0.05, 0.1) is 147 Å². The molecule has 8 aromatic heterocycles. The number of hydrogen-bond acceptors (Lipinski definition) is 26. The SMILES string of the molecule is C=C(NCCc1ccccc1F)c1ncc(C2=CCc3ncc(N4CCOCC4)cc32)cn1.CC[C@H](NC(=O)c1ncc(C2=CCc3ncc(N4CCOCC4)cc32)cn1)c1ccccc1.CN(C)C[C@H](NC(=O)c1ncc(C2=CCc3ncc(N4CCOCC4)cc32)cn1)c1ccccc1.C[C@H]1N=C(c2ncc(C3=CCc4ncc(N5CCOCC5)cc43)cn2)O[C@H]1c1ccccc1. The molecular formula is C105H108FN21O7. The lowest BCUT2D eigenvalue weighted by Crippen LogP contribution is -2.36. The van der Waals surface area contributed by atoms with E-state index in [1.165, 1.54) is 6.07 Å². The molecule has 29 heteroatoms. The van der Waals surface area contributed by atoms with Crippen LogP contribution >= 0.6 is 0 Å². The number of aliphatic imine (C=N–C) groups is 1. The lowest BCUT2D eigenvalue weighted by molar-refractivity contribution is 0.0913. The summed E-state index contributed by atoms with van der Waals surface area (Å²) in [6.45, 7) is 22.3. The number of carbonyl (C=O) groups excluding carboxylic acids is 2. The Balaban J connectivity index is 0.000000119. The van der Waals surface area contributed by atoms with Gasteiger partial charge in [-0.15, -0.1) is 0 Å². The van der Waals surface area contributed by atoms with E-state index in [1.807, 2.05) is 160 Å². The largest absolute Gasteiger partial charge is 0.465 e. The van der Waals surface area contributed by atoms with Gasteiger partial charge in [-0.2, -0.15) is 0 Å². The molecule has 9 aliphatic rings. The van der Waals surface area contributed by atoms with Crippen LogP contribution in [0.1, 0.15) is 161 Å². The van der Waals surface area contributed by atoms with Crippen molar-refractivity contribution in [3.8, 4) is 0 Å². The van der Waals surface area contributed by atoms with Crippen molar-refractivity contribution in [3.63, 3.8) is 0 Å². The van der Waals surface area contributed by atoms with Gasteiger partial charge in [-0.25, -0.2) is 49.3 Å². The average molecular weight is 1800 g/mol. The second kappa shape index (κ2) is 42.9. The zero-order valence-corrected chi connectivity index (χ0v) is 75.8. The van der Waals surface area contributed by atoms with Gasteiger partial charge in [0.2, 0.25) is 17.5 Å². The van der Waals surface area contributed by atoms with E-state index in [0.29, 0.717) is 48.3 Å². The summed E-state index contributed by atoms with van der Waals surface area (Å²) in [5, 5.41) is 9.32. The number of amides is 2. The minimum Gasteiger partial charge on any atom is -0.465 e. The van der Waals surface area contributed by atoms with Crippen molar-refractivity contribution in [3.05, 3.63) is 363 Å². The molecule has 28 nitrogen and oxygen atoms in total. The number of morpholine rings is 4. The highest BCUT2D eigenvalue weighted by atomic mass is 19.1. The molecule has 12 aromatic rings. The highest BCUT2D eigenvalue weighted by Crippen LogP contribution is 2.40. The zero-order chi connectivity index (χ0) is 91.6. The molecule has 4 fully saturated rings. The van der Waals surface area contributed by atoms with E-state index < -0.39 is 0 Å². The number of fused-ring (bicyclic) bond motifs is 4. The third-order valence-corrected chi connectivity index (χ3v) is 25.0. The van der Waals surface area contributed by atoms with E-state index in [2.05, 4.69) is 160 Å². The normalized spacial score (nSPS) is 17.3. The first kappa shape index (κ1) is 90.2. The van der Waals surface area contributed by atoms with Gasteiger partial charge in [-0.3, -0.25) is 29.5 Å². The fourth-order valence-corrected chi connectivity index (χ4v) is 17.8. The molecule has 0 unspecified atom stereocenters. The molecule has 5 aliphatic heterocycles. The Kier molecular flexibility index (Phi) is 28.9. The van der Waals surface area contributed by atoms with Crippen LogP contribution in [-0.4, -0.2) is 221 Å². The predicted octanol–water partition coefficient (Wildman–Crippen LogP) is 13.5. The number of benzene rings is 4. The summed E-state index contributed by atoms with van der Waals surface area (Å²) in [5.74, 6) is 1.13. The molecule has 4 atom stereocenters. The maximum absolute atomic E-state index is 13.8. The van der Waals surface area contributed by atoms with Crippen molar-refractivity contribution < 1.29 is 37.7 Å². The van der Waals surface area contributed by atoms with Gasteiger partial charge in [0, 0.05) is 185 Å². The lowest BCUT2D eigenvalue weighted by atomic mass is 10.0. The molecule has 0 radical (unpaired) electrons. The summed E-state index contributed by atoms with van der Waals surface area (Å²) in [6, 6.07) is 45.5. The number of hydrogen-bond donors (Lipinski definition) is 3. The minimum absolute atomic E-state index is 0.0137. The number of ether oxygens (including phenoxy) is 5. The molecule has 21 rings (SSSR count). The monoisotopic (exact) mass is 1790 g/mol. The summed E-state index contributed by atoms with van der Waals surface area (Å²) >= 11 is 0. The fourth-order valence-electron chi connectivity index (χ4n) is 17.8. The standard InChI is InChI=1S/C27H30N6O2.C26H26FN5O.C26H25N5O2.C26H27N5O2/c1-32(2)18-25(19-6-4-3-5-7-19)31-27(34)26-29-15-20(16-30-26)22-8-9-24-23(22)14-21(17-28-24)33-10-12-35-13-11-33;1-18(28-9-8-19-4-2-3-5-24(19)27)26-30-15-20(16-31-26)22-6-7-25-23(22)14-21(17-29-25)32-10-12-33-13-11-32;1-17-24(18-5-3-2-4-6-18)33-26(30-17)25-28-14-19(15-29-25)21-7-8-23-22(21)13-20(16-27-23)31-9-11-32-12-10-31;1-2-23(18-6-4-3-5-7-18)30-26(32)25-28-15-19(16-29-25)21-8-9-24-22(21)14-20(17-27-24)31-10-12-33-13-11-31/h3-8,14-17,25H,9-13,18H2,1-2H3,(H,31,34);2-6,14-17,28H,1,7-13H2;2-7,13-17,24H,8-12H2,1H3;3-8,14-17,23H,2,9-13H2,1H3,(H,30,32)/t25-;;17-,24-;23-/m0.10/s1. The Morgan fingerprint density at radius 3 is 1.16 bits per heavy atom. The molecule has 2 amide bonds. The third kappa shape index (κ3) is 21.5. The number of carbonyl (C=O) groups is 2. The van der Waals surface area contributed by atoms with Gasteiger partial charge in [-0.05, 0) is 109 Å². The van der Waals surface area contributed by atoms with E-state index in [1.54, 1.807) is 36.9 Å². The first-order valence-corrected chi connectivity index (χ1v) is 46.0.